The number of nitrogens with one attached hydrogen (secondary N) is 1. The van der Waals surface area contributed by atoms with Gasteiger partial charge in [0.15, 0.2) is 0 Å². The van der Waals surface area contributed by atoms with Crippen LogP contribution in [0.2, 0.25) is 0 Å². The van der Waals surface area contributed by atoms with Crippen LogP contribution in [0.3, 0.4) is 0 Å². The van der Waals surface area contributed by atoms with Crippen molar-refractivity contribution in [3.8, 4) is 5.75 Å². The minimum Gasteiger partial charge on any atom is -0.494 e. The van der Waals surface area contributed by atoms with Crippen molar-refractivity contribution in [3.05, 3.63) is 59.2 Å². The van der Waals surface area contributed by atoms with Crippen LogP contribution in [-0.4, -0.2) is 6.61 Å². The predicted octanol–water partition coefficient (Wildman–Crippen LogP) is 4.49. The molecule has 1 heterocycles. The number of ether oxygens (including phenoxy) is 1. The third-order valence-electron chi connectivity index (χ3n) is 3.89. The van der Waals surface area contributed by atoms with Gasteiger partial charge in [-0.05, 0) is 56.0 Å². The van der Waals surface area contributed by atoms with Crippen LogP contribution in [0.25, 0.3) is 0 Å². The summed E-state index contributed by atoms with van der Waals surface area (Å²) in [6.45, 7) is 4.88. The van der Waals surface area contributed by atoms with Gasteiger partial charge in [0.2, 0.25) is 0 Å². The maximum Gasteiger partial charge on any atom is 0.119 e. The maximum absolute atomic E-state index is 5.50. The van der Waals surface area contributed by atoms with Crippen molar-refractivity contribution in [2.45, 2.75) is 32.7 Å². The molecule has 20 heavy (non-hydrogen) atoms. The minimum atomic E-state index is 0.404. The van der Waals surface area contributed by atoms with Crippen molar-refractivity contribution >= 4 is 5.69 Å². The number of rotatable bonds is 3. The van der Waals surface area contributed by atoms with Crippen molar-refractivity contribution < 1.29 is 4.74 Å². The van der Waals surface area contributed by atoms with Crippen LogP contribution < -0.4 is 10.1 Å². The summed E-state index contributed by atoms with van der Waals surface area (Å²) >= 11 is 0. The van der Waals surface area contributed by atoms with E-state index in [-0.39, 0.29) is 0 Å². The lowest BCUT2D eigenvalue weighted by Crippen LogP contribution is -2.18. The average molecular weight is 267 g/mol. The molecule has 2 nitrogen and oxygen atoms in total. The highest BCUT2D eigenvalue weighted by atomic mass is 16.5. The Kier molecular flexibility index (Phi) is 3.64. The van der Waals surface area contributed by atoms with E-state index in [0.717, 1.165) is 18.6 Å². The van der Waals surface area contributed by atoms with Gasteiger partial charge in [0.25, 0.3) is 0 Å². The third kappa shape index (κ3) is 2.64. The van der Waals surface area contributed by atoms with Crippen LogP contribution in [0, 0.1) is 6.92 Å². The predicted molar refractivity (Wildman–Crippen MR) is 83.5 cm³/mol. The molecule has 0 fully saturated rings. The summed E-state index contributed by atoms with van der Waals surface area (Å²) in [5, 5.41) is 3.65. The second-order valence-corrected chi connectivity index (χ2v) is 5.40. The van der Waals surface area contributed by atoms with Crippen LogP contribution in [0.15, 0.2) is 42.5 Å². The van der Waals surface area contributed by atoms with Crippen LogP contribution in [0.4, 0.5) is 5.69 Å². The fourth-order valence-corrected chi connectivity index (χ4v) is 2.84. The van der Waals surface area contributed by atoms with Gasteiger partial charge in [0.05, 0.1) is 12.6 Å². The summed E-state index contributed by atoms with van der Waals surface area (Å²) < 4.78 is 5.50. The maximum atomic E-state index is 5.50. The summed E-state index contributed by atoms with van der Waals surface area (Å²) in [4.78, 5) is 0. The van der Waals surface area contributed by atoms with Gasteiger partial charge in [-0.1, -0.05) is 29.8 Å². The summed E-state index contributed by atoms with van der Waals surface area (Å²) in [6, 6.07) is 15.5. The highest BCUT2D eigenvalue weighted by Gasteiger charge is 2.18. The summed E-state index contributed by atoms with van der Waals surface area (Å²) in [7, 11) is 0. The molecular formula is C18H21NO. The second kappa shape index (κ2) is 5.58. The smallest absolute Gasteiger partial charge is 0.119 e. The normalized spacial score (nSPS) is 17.2. The number of fused-ring (bicyclic) bond motifs is 1. The number of anilines is 1. The number of hydrogen-bond donors (Lipinski definition) is 1. The fourth-order valence-electron chi connectivity index (χ4n) is 2.84. The van der Waals surface area contributed by atoms with E-state index in [9.17, 15) is 0 Å². The van der Waals surface area contributed by atoms with Crippen LogP contribution in [0.1, 0.15) is 36.1 Å². The molecule has 3 rings (SSSR count). The number of hydrogen-bond acceptors (Lipinski definition) is 2. The van der Waals surface area contributed by atoms with Gasteiger partial charge in [-0.3, -0.25) is 0 Å². The quantitative estimate of drug-likeness (QED) is 0.884. The molecule has 1 atom stereocenters. The molecular weight excluding hydrogens is 246 g/mol. The van der Waals surface area contributed by atoms with Crippen LogP contribution in [-0.2, 0) is 6.42 Å². The molecule has 0 saturated heterocycles. The van der Waals surface area contributed by atoms with E-state index in [4.69, 9.17) is 4.74 Å². The van der Waals surface area contributed by atoms with Crippen LogP contribution >= 0.6 is 0 Å². The Hall–Kier alpha value is -1.96. The zero-order chi connectivity index (χ0) is 13.9. The molecule has 1 N–H and O–H groups in total. The van der Waals surface area contributed by atoms with Crippen molar-refractivity contribution in [2.75, 3.05) is 11.9 Å². The molecule has 0 aliphatic carbocycles. The van der Waals surface area contributed by atoms with Crippen molar-refractivity contribution in [3.63, 3.8) is 0 Å². The van der Waals surface area contributed by atoms with Crippen molar-refractivity contribution in [1.82, 2.24) is 0 Å². The molecule has 2 aromatic rings. The van der Waals surface area contributed by atoms with Crippen molar-refractivity contribution in [2.24, 2.45) is 0 Å². The second-order valence-electron chi connectivity index (χ2n) is 5.40. The Labute approximate surface area is 120 Å². The number of benzene rings is 2. The first-order valence-corrected chi connectivity index (χ1v) is 7.35. The van der Waals surface area contributed by atoms with Gasteiger partial charge in [0.1, 0.15) is 5.75 Å². The molecule has 2 aromatic carbocycles. The van der Waals surface area contributed by atoms with E-state index < -0.39 is 0 Å². The van der Waals surface area contributed by atoms with E-state index >= 15 is 0 Å². The average Bonchev–Trinajstić information content (AvgIpc) is 2.48. The molecule has 0 bridgehead atoms. The first kappa shape index (κ1) is 13.0. The van der Waals surface area contributed by atoms with Gasteiger partial charge in [-0.15, -0.1) is 0 Å². The van der Waals surface area contributed by atoms with Gasteiger partial charge in [-0.2, -0.15) is 0 Å². The monoisotopic (exact) mass is 267 g/mol. The lowest BCUT2D eigenvalue weighted by atomic mass is 9.92. The first-order chi connectivity index (χ1) is 9.76. The fraction of sp³-hybridized carbons (Fsp3) is 0.333. The zero-order valence-electron chi connectivity index (χ0n) is 12.1. The first-order valence-electron chi connectivity index (χ1n) is 7.35. The Bertz CT molecular complexity index is 589. The highest BCUT2D eigenvalue weighted by Crippen LogP contribution is 2.33. The molecule has 0 radical (unpaired) electrons. The van der Waals surface area contributed by atoms with E-state index in [1.165, 1.54) is 22.4 Å². The summed E-state index contributed by atoms with van der Waals surface area (Å²) in [5.74, 6) is 0.947. The van der Waals surface area contributed by atoms with Gasteiger partial charge in [0, 0.05) is 5.69 Å². The Morgan fingerprint density at radius 2 is 1.95 bits per heavy atom. The molecule has 0 aromatic heterocycles. The minimum absolute atomic E-state index is 0.404. The highest BCUT2D eigenvalue weighted by molar-refractivity contribution is 5.56. The summed E-state index contributed by atoms with van der Waals surface area (Å²) in [6.07, 6.45) is 2.28. The molecule has 1 aliphatic rings. The van der Waals surface area contributed by atoms with Gasteiger partial charge in [-0.25, -0.2) is 0 Å². The molecule has 1 aliphatic heterocycles. The van der Waals surface area contributed by atoms with Crippen molar-refractivity contribution in [1.29, 1.82) is 0 Å². The van der Waals surface area contributed by atoms with Gasteiger partial charge >= 0.3 is 0 Å². The Morgan fingerprint density at radius 1 is 1.15 bits per heavy atom. The largest absolute Gasteiger partial charge is 0.494 e. The van der Waals surface area contributed by atoms with E-state index in [1.54, 1.807) is 0 Å². The standard InChI is InChI=1S/C18H21NO/c1-3-20-16-8-5-14(6-9-16)17-11-7-15-12-13(2)4-10-18(15)19-17/h4-6,8-10,12,17,19H,3,7,11H2,1-2H3. The molecule has 1 unspecified atom stereocenters. The SMILES string of the molecule is CCOc1ccc(C2CCc3cc(C)ccc3N2)cc1. The van der Waals surface area contributed by atoms with Gasteiger partial charge < -0.3 is 10.1 Å². The molecule has 0 saturated carbocycles. The van der Waals surface area contributed by atoms with Crippen LogP contribution in [0.5, 0.6) is 5.75 Å². The Morgan fingerprint density at radius 3 is 2.70 bits per heavy atom. The lowest BCUT2D eigenvalue weighted by Gasteiger charge is -2.28. The lowest BCUT2D eigenvalue weighted by molar-refractivity contribution is 0.340. The van der Waals surface area contributed by atoms with E-state index in [1.807, 2.05) is 6.92 Å². The summed E-state index contributed by atoms with van der Waals surface area (Å²) in [5.41, 5.74) is 5.39. The third-order valence-corrected chi connectivity index (χ3v) is 3.89. The zero-order valence-corrected chi connectivity index (χ0v) is 12.1. The molecule has 2 heteroatoms. The topological polar surface area (TPSA) is 21.3 Å². The Balaban J connectivity index is 1.77. The molecule has 104 valence electrons. The van der Waals surface area contributed by atoms with E-state index in [0.29, 0.717) is 12.6 Å². The molecule has 0 amide bonds. The molecule has 0 spiro atoms. The number of aryl methyl sites for hydroxylation is 2. The van der Waals surface area contributed by atoms with E-state index in [2.05, 4.69) is 54.7 Å².